The Morgan fingerprint density at radius 1 is 0.875 bits per heavy atom. The van der Waals surface area contributed by atoms with Crippen molar-refractivity contribution in [1.82, 2.24) is 14.8 Å². The highest BCUT2D eigenvalue weighted by Gasteiger charge is 2.17. The summed E-state index contributed by atoms with van der Waals surface area (Å²) in [7, 11) is 3.25. The number of methoxy groups -OCH3 is 2. The van der Waals surface area contributed by atoms with Gasteiger partial charge in [-0.3, -0.25) is 14.7 Å². The molecule has 0 spiro atoms. The maximum atomic E-state index is 10.9. The zero-order valence-electron chi connectivity index (χ0n) is 17.5. The first-order chi connectivity index (χ1) is 15.6. The Labute approximate surface area is 189 Å². The molecule has 0 saturated carbocycles. The molecule has 4 rings (SSSR count). The fraction of sp³-hybridized carbons (Fsp3) is 0.130. The van der Waals surface area contributed by atoms with Crippen molar-refractivity contribution in [3.05, 3.63) is 88.5 Å². The van der Waals surface area contributed by atoms with Crippen molar-refractivity contribution in [3.8, 4) is 28.6 Å². The van der Waals surface area contributed by atoms with Gasteiger partial charge in [0.05, 0.1) is 19.1 Å². The van der Waals surface area contributed by atoms with Crippen LogP contribution in [0.3, 0.4) is 0 Å². The molecule has 4 aromatic rings. The summed E-state index contributed by atoms with van der Waals surface area (Å²) in [4.78, 5) is 10.5. The van der Waals surface area contributed by atoms with Gasteiger partial charge >= 0.3 is 0 Å². The zero-order chi connectivity index (χ0) is 22.5. The first-order valence-electron chi connectivity index (χ1n) is 9.69. The molecular formula is C23H20N4O4S. The van der Waals surface area contributed by atoms with Crippen LogP contribution in [-0.4, -0.2) is 33.9 Å². The van der Waals surface area contributed by atoms with Crippen molar-refractivity contribution in [2.24, 2.45) is 0 Å². The third-order valence-electron chi connectivity index (χ3n) is 4.83. The Kier molecular flexibility index (Phi) is 6.37. The summed E-state index contributed by atoms with van der Waals surface area (Å²) in [5.41, 5.74) is 2.82. The third-order valence-corrected chi connectivity index (χ3v) is 5.83. The van der Waals surface area contributed by atoms with Crippen molar-refractivity contribution < 1.29 is 14.4 Å². The first-order valence-corrected chi connectivity index (χ1v) is 10.7. The fourth-order valence-corrected chi connectivity index (χ4v) is 4.02. The quantitative estimate of drug-likeness (QED) is 0.209. The first kappa shape index (κ1) is 21.4. The van der Waals surface area contributed by atoms with E-state index < -0.39 is 4.92 Å². The van der Waals surface area contributed by atoms with E-state index in [1.54, 1.807) is 26.4 Å². The van der Waals surface area contributed by atoms with Crippen LogP contribution in [0.1, 0.15) is 5.56 Å². The van der Waals surface area contributed by atoms with Gasteiger partial charge in [0, 0.05) is 29.1 Å². The Morgan fingerprint density at radius 2 is 1.47 bits per heavy atom. The molecule has 0 aliphatic carbocycles. The summed E-state index contributed by atoms with van der Waals surface area (Å²) in [5.74, 6) is 2.81. The van der Waals surface area contributed by atoms with Crippen molar-refractivity contribution in [3.63, 3.8) is 0 Å². The lowest BCUT2D eigenvalue weighted by molar-refractivity contribution is -0.384. The number of ether oxygens (including phenoxy) is 2. The van der Waals surface area contributed by atoms with Crippen LogP contribution in [0.4, 0.5) is 5.69 Å². The van der Waals surface area contributed by atoms with Gasteiger partial charge in [-0.25, -0.2) is 0 Å². The predicted molar refractivity (Wildman–Crippen MR) is 123 cm³/mol. The summed E-state index contributed by atoms with van der Waals surface area (Å²) < 4.78 is 12.5. The summed E-state index contributed by atoms with van der Waals surface area (Å²) in [6.07, 6.45) is 0. The average Bonchev–Trinajstić information content (AvgIpc) is 3.27. The summed E-state index contributed by atoms with van der Waals surface area (Å²) in [6.45, 7) is 0. The minimum Gasteiger partial charge on any atom is -0.497 e. The lowest BCUT2D eigenvalue weighted by atomic mass is 10.2. The van der Waals surface area contributed by atoms with E-state index in [4.69, 9.17) is 9.47 Å². The molecule has 0 fully saturated rings. The van der Waals surface area contributed by atoms with Gasteiger partial charge in [-0.1, -0.05) is 23.9 Å². The normalized spacial score (nSPS) is 10.7. The number of nitro benzene ring substituents is 1. The molecule has 1 aromatic heterocycles. The second-order valence-electron chi connectivity index (χ2n) is 6.78. The predicted octanol–water partition coefficient (Wildman–Crippen LogP) is 5.15. The molecule has 162 valence electrons. The van der Waals surface area contributed by atoms with Crippen LogP contribution in [0.25, 0.3) is 17.1 Å². The van der Waals surface area contributed by atoms with Crippen LogP contribution < -0.4 is 9.47 Å². The van der Waals surface area contributed by atoms with E-state index in [-0.39, 0.29) is 5.69 Å². The fourth-order valence-electron chi connectivity index (χ4n) is 3.12. The summed E-state index contributed by atoms with van der Waals surface area (Å²) in [6, 6.07) is 21.8. The Hall–Kier alpha value is -3.85. The van der Waals surface area contributed by atoms with E-state index in [9.17, 15) is 10.1 Å². The van der Waals surface area contributed by atoms with Crippen LogP contribution in [0.2, 0.25) is 0 Å². The van der Waals surface area contributed by atoms with Crippen LogP contribution in [0.15, 0.2) is 78.0 Å². The molecule has 1 heterocycles. The average molecular weight is 449 g/mol. The molecule has 0 atom stereocenters. The van der Waals surface area contributed by atoms with Gasteiger partial charge in [-0.15, -0.1) is 10.2 Å². The molecule has 3 aromatic carbocycles. The maximum Gasteiger partial charge on any atom is 0.269 e. The van der Waals surface area contributed by atoms with E-state index in [1.165, 1.54) is 23.9 Å². The molecule has 0 aliphatic rings. The maximum absolute atomic E-state index is 10.9. The van der Waals surface area contributed by atoms with E-state index in [2.05, 4.69) is 10.2 Å². The Balaban J connectivity index is 1.67. The van der Waals surface area contributed by atoms with Gasteiger partial charge < -0.3 is 9.47 Å². The lowest BCUT2D eigenvalue weighted by Crippen LogP contribution is -2.00. The highest BCUT2D eigenvalue weighted by atomic mass is 32.2. The molecule has 0 unspecified atom stereocenters. The van der Waals surface area contributed by atoms with Crippen LogP contribution in [0, 0.1) is 10.1 Å². The van der Waals surface area contributed by atoms with Crippen LogP contribution in [-0.2, 0) is 5.75 Å². The zero-order valence-corrected chi connectivity index (χ0v) is 18.3. The SMILES string of the molecule is COc1ccc(-c2nnc(SCc3ccc([N+](=O)[O-])cc3)n2-c2ccc(OC)cc2)cc1. The second-order valence-corrected chi connectivity index (χ2v) is 7.72. The number of hydrogen-bond donors (Lipinski definition) is 0. The van der Waals surface area contributed by atoms with Gasteiger partial charge in [-0.2, -0.15) is 0 Å². The van der Waals surface area contributed by atoms with E-state index in [0.29, 0.717) is 16.7 Å². The van der Waals surface area contributed by atoms with Gasteiger partial charge in [0.25, 0.3) is 5.69 Å². The minimum atomic E-state index is -0.404. The molecular weight excluding hydrogens is 428 g/mol. The van der Waals surface area contributed by atoms with Crippen LogP contribution in [0.5, 0.6) is 11.5 Å². The largest absolute Gasteiger partial charge is 0.497 e. The van der Waals surface area contributed by atoms with E-state index >= 15 is 0 Å². The molecule has 0 saturated heterocycles. The van der Waals surface area contributed by atoms with Gasteiger partial charge in [0.1, 0.15) is 11.5 Å². The molecule has 0 amide bonds. The number of nitro groups is 1. The molecule has 0 radical (unpaired) electrons. The van der Waals surface area contributed by atoms with Crippen molar-refractivity contribution in [2.45, 2.75) is 10.9 Å². The van der Waals surface area contributed by atoms with E-state index in [0.717, 1.165) is 28.3 Å². The molecule has 0 aliphatic heterocycles. The van der Waals surface area contributed by atoms with Crippen LogP contribution >= 0.6 is 11.8 Å². The monoisotopic (exact) mass is 448 g/mol. The molecule has 9 heteroatoms. The molecule has 0 N–H and O–H groups in total. The lowest BCUT2D eigenvalue weighted by Gasteiger charge is -2.11. The third kappa shape index (κ3) is 4.57. The number of nitrogens with zero attached hydrogens (tertiary/aromatic N) is 4. The van der Waals surface area contributed by atoms with Crippen molar-refractivity contribution in [1.29, 1.82) is 0 Å². The number of rotatable bonds is 8. The highest BCUT2D eigenvalue weighted by molar-refractivity contribution is 7.98. The van der Waals surface area contributed by atoms with E-state index in [1.807, 2.05) is 53.1 Å². The van der Waals surface area contributed by atoms with Crippen molar-refractivity contribution in [2.75, 3.05) is 14.2 Å². The van der Waals surface area contributed by atoms with Gasteiger partial charge in [0.15, 0.2) is 11.0 Å². The smallest absolute Gasteiger partial charge is 0.269 e. The van der Waals surface area contributed by atoms with Gasteiger partial charge in [-0.05, 0) is 54.1 Å². The number of non-ortho nitro benzene ring substituents is 1. The molecule has 0 bridgehead atoms. The van der Waals surface area contributed by atoms with Crippen molar-refractivity contribution >= 4 is 17.4 Å². The number of thioether (sulfide) groups is 1. The number of hydrogen-bond acceptors (Lipinski definition) is 7. The summed E-state index contributed by atoms with van der Waals surface area (Å²) >= 11 is 1.51. The Morgan fingerprint density at radius 3 is 2.03 bits per heavy atom. The standard InChI is InChI=1S/C23H20N4O4S/c1-30-20-11-5-17(6-12-20)22-24-25-23(26(22)18-9-13-21(31-2)14-10-18)32-15-16-3-7-19(8-4-16)27(28)29/h3-14H,15H2,1-2H3. The van der Waals surface area contributed by atoms with Gasteiger partial charge in [0.2, 0.25) is 0 Å². The summed E-state index contributed by atoms with van der Waals surface area (Å²) in [5, 5.41) is 20.4. The molecule has 8 nitrogen and oxygen atoms in total. The highest BCUT2D eigenvalue weighted by Crippen LogP contribution is 2.31. The number of benzene rings is 3. The molecule has 32 heavy (non-hydrogen) atoms. The Bertz CT molecular complexity index is 1210. The second kappa shape index (κ2) is 9.52. The topological polar surface area (TPSA) is 92.3 Å². The minimum absolute atomic E-state index is 0.0712. The number of aromatic nitrogens is 3.